The molecular weight excluding hydrogens is 672 g/mol. The number of nitrogens with one attached hydrogen (secondary N) is 1. The maximum atomic E-state index is 14.0. The number of aromatic nitrogens is 2. The number of ketones is 1. The zero-order chi connectivity index (χ0) is 34.0. The molecule has 252 valence electrons. The third kappa shape index (κ3) is 6.84. The highest BCUT2D eigenvalue weighted by Gasteiger charge is 2.36. The second-order valence-electron chi connectivity index (χ2n) is 12.1. The molecule has 2 aliphatic rings. The second-order valence-corrected chi connectivity index (χ2v) is 15.5. The molecule has 2 heterocycles. The Morgan fingerprint density at radius 1 is 1.04 bits per heavy atom. The molecule has 4 aromatic rings. The van der Waals surface area contributed by atoms with E-state index < -0.39 is 15.9 Å². The summed E-state index contributed by atoms with van der Waals surface area (Å²) in [5, 5.41) is 8.38. The summed E-state index contributed by atoms with van der Waals surface area (Å²) in [5.74, 6) is -1.22. The monoisotopic (exact) mass is 708 g/mol. The standard InChI is InChI=1S/C35H37ClN4O6S2/c1-3-40(27-15-11-22(12-16-27)35(43)46-2)48(44,45)28-8-6-7-23(19-28)33(42)38-34-31(29-9-4-5-10-30(29)47-34)32(41)24-20-37-39(21-24)26-17-13-25(36)14-18-26/h6-8,13-14,17-22,27H,3-5,9-12,15-16H2,1-2H3,(H,38,42). The number of carbonyl (C=O) groups excluding carboxylic acids is 3. The first-order valence-corrected chi connectivity index (χ1v) is 18.7. The van der Waals surface area contributed by atoms with Gasteiger partial charge in [-0.15, -0.1) is 11.3 Å². The Balaban J connectivity index is 1.24. The molecule has 10 nitrogen and oxygen atoms in total. The summed E-state index contributed by atoms with van der Waals surface area (Å²) in [6.45, 7) is 2.05. The first-order chi connectivity index (χ1) is 23.1. The van der Waals surface area contributed by atoms with Crippen LogP contribution < -0.4 is 5.32 Å². The van der Waals surface area contributed by atoms with Gasteiger partial charge in [0.1, 0.15) is 5.00 Å². The molecule has 0 unspecified atom stereocenters. The number of benzene rings is 2. The van der Waals surface area contributed by atoms with Gasteiger partial charge in [0.2, 0.25) is 10.0 Å². The summed E-state index contributed by atoms with van der Waals surface area (Å²) in [7, 11) is -2.57. The third-order valence-corrected chi connectivity index (χ3v) is 12.7. The van der Waals surface area contributed by atoms with Crippen LogP contribution in [0.3, 0.4) is 0 Å². The highest BCUT2D eigenvalue weighted by molar-refractivity contribution is 7.89. The van der Waals surface area contributed by atoms with Gasteiger partial charge in [-0.25, -0.2) is 13.1 Å². The lowest BCUT2D eigenvalue weighted by molar-refractivity contribution is -0.146. The maximum absolute atomic E-state index is 14.0. The van der Waals surface area contributed by atoms with Crippen LogP contribution in [0.5, 0.6) is 0 Å². The number of hydrogen-bond donors (Lipinski definition) is 1. The molecule has 0 saturated heterocycles. The van der Waals surface area contributed by atoms with E-state index in [1.807, 2.05) is 12.1 Å². The molecular formula is C35H37ClN4O6S2. The topological polar surface area (TPSA) is 128 Å². The Morgan fingerprint density at radius 3 is 2.48 bits per heavy atom. The molecule has 0 radical (unpaired) electrons. The lowest BCUT2D eigenvalue weighted by atomic mass is 9.86. The number of anilines is 1. The number of amides is 1. The SMILES string of the molecule is CCN(C1CCC(C(=O)OC)CC1)S(=O)(=O)c1cccc(C(=O)Nc2sc3c(c2C(=O)c2cnn(-c4ccc(Cl)cc4)c2)CCCC3)c1. The number of sulfonamides is 1. The molecule has 48 heavy (non-hydrogen) atoms. The predicted molar refractivity (Wildman–Crippen MR) is 185 cm³/mol. The predicted octanol–water partition coefficient (Wildman–Crippen LogP) is 6.69. The normalized spacial score (nSPS) is 17.9. The highest BCUT2D eigenvalue weighted by Crippen LogP contribution is 2.40. The van der Waals surface area contributed by atoms with Crippen molar-refractivity contribution in [2.24, 2.45) is 5.92 Å². The Labute approximate surface area is 289 Å². The fourth-order valence-corrected chi connectivity index (χ4v) is 9.86. The van der Waals surface area contributed by atoms with Crippen LogP contribution in [0.2, 0.25) is 5.02 Å². The molecule has 6 rings (SSSR count). The molecule has 0 atom stereocenters. The van der Waals surface area contributed by atoms with Crippen LogP contribution in [0.25, 0.3) is 5.69 Å². The lowest BCUT2D eigenvalue weighted by Gasteiger charge is -2.34. The number of halogens is 1. The van der Waals surface area contributed by atoms with Gasteiger partial charge in [0.15, 0.2) is 5.78 Å². The Morgan fingerprint density at radius 2 is 1.77 bits per heavy atom. The minimum absolute atomic E-state index is 0.0171. The van der Waals surface area contributed by atoms with Gasteiger partial charge in [0.25, 0.3) is 5.91 Å². The average Bonchev–Trinajstić information content (AvgIpc) is 3.74. The molecule has 0 bridgehead atoms. The molecule has 1 fully saturated rings. The number of thiophene rings is 1. The molecule has 13 heteroatoms. The fourth-order valence-electron chi connectivity index (χ4n) is 6.71. The van der Waals surface area contributed by atoms with Crippen molar-refractivity contribution in [2.75, 3.05) is 19.0 Å². The zero-order valence-corrected chi connectivity index (χ0v) is 29.2. The summed E-state index contributed by atoms with van der Waals surface area (Å²) < 4.78 is 35.7. The number of fused-ring (bicyclic) bond motifs is 1. The second kappa shape index (κ2) is 14.3. The zero-order valence-electron chi connectivity index (χ0n) is 26.8. The summed E-state index contributed by atoms with van der Waals surface area (Å²) in [6.07, 6.45) is 8.89. The van der Waals surface area contributed by atoms with E-state index in [-0.39, 0.29) is 40.7 Å². The number of carbonyl (C=O) groups is 3. The number of methoxy groups -OCH3 is 1. The minimum Gasteiger partial charge on any atom is -0.469 e. The maximum Gasteiger partial charge on any atom is 0.308 e. The number of esters is 1. The van der Waals surface area contributed by atoms with E-state index in [1.54, 1.807) is 42.1 Å². The van der Waals surface area contributed by atoms with E-state index in [2.05, 4.69) is 10.4 Å². The van der Waals surface area contributed by atoms with E-state index in [1.165, 1.54) is 41.1 Å². The molecule has 2 aromatic heterocycles. The highest BCUT2D eigenvalue weighted by atomic mass is 35.5. The summed E-state index contributed by atoms with van der Waals surface area (Å²) >= 11 is 7.43. The summed E-state index contributed by atoms with van der Waals surface area (Å²) in [4.78, 5) is 40.8. The molecule has 0 spiro atoms. The molecule has 2 aromatic carbocycles. The van der Waals surface area contributed by atoms with Crippen LogP contribution in [-0.2, 0) is 32.4 Å². The number of nitrogens with zero attached hydrogens (tertiary/aromatic N) is 3. The Kier molecular flexibility index (Phi) is 10.2. The molecule has 1 N–H and O–H groups in total. The first kappa shape index (κ1) is 34.0. The van der Waals surface area contributed by atoms with Crippen molar-refractivity contribution >= 4 is 55.6 Å². The van der Waals surface area contributed by atoms with Crippen molar-refractivity contribution in [3.63, 3.8) is 0 Å². The Hall–Kier alpha value is -3.84. The van der Waals surface area contributed by atoms with Gasteiger partial charge in [0.05, 0.1) is 40.9 Å². The van der Waals surface area contributed by atoms with Crippen molar-refractivity contribution in [1.82, 2.24) is 14.1 Å². The van der Waals surface area contributed by atoms with E-state index in [4.69, 9.17) is 16.3 Å². The van der Waals surface area contributed by atoms with E-state index >= 15 is 0 Å². The number of rotatable bonds is 10. The molecule has 2 aliphatic carbocycles. The van der Waals surface area contributed by atoms with E-state index in [0.717, 1.165) is 41.8 Å². The van der Waals surface area contributed by atoms with Gasteiger partial charge in [-0.1, -0.05) is 24.6 Å². The quantitative estimate of drug-likeness (QED) is 0.144. The van der Waals surface area contributed by atoms with Gasteiger partial charge in [-0.3, -0.25) is 14.4 Å². The summed E-state index contributed by atoms with van der Waals surface area (Å²) in [6, 6.07) is 12.9. The van der Waals surface area contributed by atoms with Crippen molar-refractivity contribution in [1.29, 1.82) is 0 Å². The van der Waals surface area contributed by atoms with Crippen LogP contribution in [-0.4, -0.2) is 59.9 Å². The third-order valence-electron chi connectivity index (χ3n) is 9.21. The van der Waals surface area contributed by atoms with Crippen LogP contribution in [0, 0.1) is 5.92 Å². The molecule has 0 aliphatic heterocycles. The van der Waals surface area contributed by atoms with Gasteiger partial charge in [-0.2, -0.15) is 9.40 Å². The largest absolute Gasteiger partial charge is 0.469 e. The Bertz CT molecular complexity index is 1950. The minimum atomic E-state index is -3.94. The van der Waals surface area contributed by atoms with Crippen LogP contribution in [0.4, 0.5) is 5.00 Å². The lowest BCUT2D eigenvalue weighted by Crippen LogP contribution is -2.43. The smallest absolute Gasteiger partial charge is 0.308 e. The average molecular weight is 709 g/mol. The van der Waals surface area contributed by atoms with E-state index in [0.29, 0.717) is 46.8 Å². The van der Waals surface area contributed by atoms with Crippen LogP contribution in [0.1, 0.15) is 82.2 Å². The van der Waals surface area contributed by atoms with E-state index in [9.17, 15) is 22.8 Å². The number of ether oxygens (including phenoxy) is 1. The van der Waals surface area contributed by atoms with Gasteiger partial charge < -0.3 is 10.1 Å². The first-order valence-electron chi connectivity index (χ1n) is 16.1. The van der Waals surface area contributed by atoms with Gasteiger partial charge in [-0.05, 0) is 99.4 Å². The van der Waals surface area contributed by atoms with Crippen LogP contribution >= 0.6 is 22.9 Å². The number of hydrogen-bond acceptors (Lipinski definition) is 8. The fraction of sp³-hybridized carbons (Fsp3) is 0.371. The van der Waals surface area contributed by atoms with Gasteiger partial charge >= 0.3 is 5.97 Å². The van der Waals surface area contributed by atoms with Crippen molar-refractivity contribution in [3.8, 4) is 5.69 Å². The van der Waals surface area contributed by atoms with Crippen molar-refractivity contribution in [2.45, 2.75) is 69.2 Å². The van der Waals surface area contributed by atoms with Crippen molar-refractivity contribution < 1.29 is 27.5 Å². The summed E-state index contributed by atoms with van der Waals surface area (Å²) in [5.41, 5.74) is 2.72. The van der Waals surface area contributed by atoms with Gasteiger partial charge in [0, 0.05) is 34.2 Å². The van der Waals surface area contributed by atoms with Crippen LogP contribution in [0.15, 0.2) is 65.8 Å². The number of aryl methyl sites for hydroxylation is 1. The molecule has 1 amide bonds. The van der Waals surface area contributed by atoms with Crippen molar-refractivity contribution in [3.05, 3.63) is 93.1 Å². The molecule has 1 saturated carbocycles.